The van der Waals surface area contributed by atoms with Gasteiger partial charge in [0.05, 0.1) is 25.9 Å². The van der Waals surface area contributed by atoms with E-state index in [9.17, 15) is 0 Å². The van der Waals surface area contributed by atoms with Crippen LogP contribution in [0.3, 0.4) is 0 Å². The predicted molar refractivity (Wildman–Crippen MR) is 78.9 cm³/mol. The molecular formula is C16H29NO4. The Morgan fingerprint density at radius 3 is 2.76 bits per heavy atom. The van der Waals surface area contributed by atoms with Crippen molar-refractivity contribution in [1.29, 1.82) is 0 Å². The van der Waals surface area contributed by atoms with Crippen molar-refractivity contribution in [2.75, 3.05) is 33.0 Å². The van der Waals surface area contributed by atoms with Gasteiger partial charge in [0, 0.05) is 13.2 Å². The number of hydrogen-bond acceptors (Lipinski definition) is 5. The fourth-order valence-electron chi connectivity index (χ4n) is 3.66. The summed E-state index contributed by atoms with van der Waals surface area (Å²) in [6.45, 7) is 6.10. The SMILES string of the molecule is CC1COCC(CC2CCCC(NC3COCCO3)O2)C1. The van der Waals surface area contributed by atoms with Crippen molar-refractivity contribution in [2.45, 2.75) is 57.6 Å². The summed E-state index contributed by atoms with van der Waals surface area (Å²) in [4.78, 5) is 0. The van der Waals surface area contributed by atoms with E-state index in [0.29, 0.717) is 37.8 Å². The van der Waals surface area contributed by atoms with E-state index < -0.39 is 0 Å². The van der Waals surface area contributed by atoms with Crippen LogP contribution in [-0.4, -0.2) is 51.6 Å². The maximum Gasteiger partial charge on any atom is 0.133 e. The Morgan fingerprint density at radius 1 is 1.00 bits per heavy atom. The number of ether oxygens (including phenoxy) is 4. The lowest BCUT2D eigenvalue weighted by molar-refractivity contribution is -0.149. The van der Waals surface area contributed by atoms with Gasteiger partial charge < -0.3 is 18.9 Å². The third-order valence-electron chi connectivity index (χ3n) is 4.62. The van der Waals surface area contributed by atoms with Crippen molar-refractivity contribution >= 4 is 0 Å². The molecule has 0 saturated carbocycles. The van der Waals surface area contributed by atoms with Crippen LogP contribution in [0.5, 0.6) is 0 Å². The highest BCUT2D eigenvalue weighted by Gasteiger charge is 2.29. The van der Waals surface area contributed by atoms with Crippen LogP contribution in [0.15, 0.2) is 0 Å². The van der Waals surface area contributed by atoms with Crippen LogP contribution >= 0.6 is 0 Å². The summed E-state index contributed by atoms with van der Waals surface area (Å²) in [5, 5.41) is 3.43. The van der Waals surface area contributed by atoms with Crippen LogP contribution in [0.1, 0.15) is 39.0 Å². The Balaban J connectivity index is 1.42. The third kappa shape index (κ3) is 4.89. The molecule has 3 aliphatic heterocycles. The van der Waals surface area contributed by atoms with Gasteiger partial charge in [-0.25, -0.2) is 0 Å². The van der Waals surface area contributed by atoms with Crippen molar-refractivity contribution in [1.82, 2.24) is 5.32 Å². The number of hydrogen-bond donors (Lipinski definition) is 1. The third-order valence-corrected chi connectivity index (χ3v) is 4.62. The molecule has 3 heterocycles. The fraction of sp³-hybridized carbons (Fsp3) is 1.00. The molecule has 3 rings (SSSR count). The average molecular weight is 299 g/mol. The molecule has 21 heavy (non-hydrogen) atoms. The topological polar surface area (TPSA) is 49.0 Å². The van der Waals surface area contributed by atoms with E-state index in [1.165, 1.54) is 19.3 Å². The first-order valence-corrected chi connectivity index (χ1v) is 8.48. The van der Waals surface area contributed by atoms with Crippen LogP contribution in [0.2, 0.25) is 0 Å². The standard InChI is InChI=1S/C16H29NO4/c1-12-7-13(10-19-9-12)8-14-3-2-4-15(21-14)17-16-11-18-5-6-20-16/h12-17H,2-11H2,1H3. The van der Waals surface area contributed by atoms with Crippen molar-refractivity contribution in [3.8, 4) is 0 Å². The molecule has 0 bridgehead atoms. The Kier molecular flexibility index (Phi) is 5.89. The average Bonchev–Trinajstić information content (AvgIpc) is 2.49. The summed E-state index contributed by atoms with van der Waals surface area (Å²) in [5.41, 5.74) is 0. The molecule has 0 aliphatic carbocycles. The van der Waals surface area contributed by atoms with Gasteiger partial charge in [-0.2, -0.15) is 0 Å². The maximum atomic E-state index is 6.22. The van der Waals surface area contributed by atoms with Gasteiger partial charge >= 0.3 is 0 Å². The summed E-state index contributed by atoms with van der Waals surface area (Å²) < 4.78 is 23.0. The molecule has 122 valence electrons. The van der Waals surface area contributed by atoms with Crippen LogP contribution in [-0.2, 0) is 18.9 Å². The van der Waals surface area contributed by atoms with Gasteiger partial charge in [-0.15, -0.1) is 0 Å². The Bertz CT molecular complexity index is 309. The molecule has 0 spiro atoms. The fourth-order valence-corrected chi connectivity index (χ4v) is 3.66. The minimum atomic E-state index is -0.0134. The molecule has 5 atom stereocenters. The Hall–Kier alpha value is -0.200. The van der Waals surface area contributed by atoms with Crippen LogP contribution in [0, 0.1) is 11.8 Å². The van der Waals surface area contributed by atoms with E-state index in [0.717, 1.165) is 26.1 Å². The normalized spacial score (nSPS) is 41.9. The molecule has 3 fully saturated rings. The van der Waals surface area contributed by atoms with Crippen molar-refractivity contribution in [3.05, 3.63) is 0 Å². The lowest BCUT2D eigenvalue weighted by Gasteiger charge is -2.36. The number of nitrogens with one attached hydrogen (secondary N) is 1. The smallest absolute Gasteiger partial charge is 0.133 e. The van der Waals surface area contributed by atoms with Crippen LogP contribution < -0.4 is 5.32 Å². The van der Waals surface area contributed by atoms with E-state index in [4.69, 9.17) is 18.9 Å². The molecule has 0 aromatic heterocycles. The largest absolute Gasteiger partial charge is 0.381 e. The molecule has 1 N–H and O–H groups in total. The Morgan fingerprint density at radius 2 is 1.95 bits per heavy atom. The van der Waals surface area contributed by atoms with Crippen molar-refractivity contribution < 1.29 is 18.9 Å². The minimum Gasteiger partial charge on any atom is -0.381 e. The van der Waals surface area contributed by atoms with Gasteiger partial charge in [0.25, 0.3) is 0 Å². The highest BCUT2D eigenvalue weighted by molar-refractivity contribution is 4.77. The molecule has 0 radical (unpaired) electrons. The summed E-state index contributed by atoms with van der Waals surface area (Å²) >= 11 is 0. The first kappa shape index (κ1) is 15.7. The van der Waals surface area contributed by atoms with E-state index in [1.54, 1.807) is 0 Å². The lowest BCUT2D eigenvalue weighted by atomic mass is 9.88. The summed E-state index contributed by atoms with van der Waals surface area (Å²) in [7, 11) is 0. The first-order chi connectivity index (χ1) is 10.3. The number of rotatable bonds is 4. The lowest BCUT2D eigenvalue weighted by Crippen LogP contribution is -2.49. The van der Waals surface area contributed by atoms with E-state index in [1.807, 2.05) is 0 Å². The molecule has 0 aromatic carbocycles. The van der Waals surface area contributed by atoms with Gasteiger partial charge in [-0.1, -0.05) is 6.92 Å². The molecule has 0 aromatic rings. The van der Waals surface area contributed by atoms with Gasteiger partial charge in [-0.3, -0.25) is 5.32 Å². The zero-order valence-electron chi connectivity index (χ0n) is 13.1. The van der Waals surface area contributed by atoms with Crippen LogP contribution in [0.4, 0.5) is 0 Å². The second kappa shape index (κ2) is 7.88. The van der Waals surface area contributed by atoms with Crippen LogP contribution in [0.25, 0.3) is 0 Å². The zero-order valence-corrected chi connectivity index (χ0v) is 13.1. The highest BCUT2D eigenvalue weighted by Crippen LogP contribution is 2.28. The second-order valence-electron chi connectivity index (χ2n) is 6.76. The molecule has 3 aliphatic rings. The quantitative estimate of drug-likeness (QED) is 0.859. The summed E-state index contributed by atoms with van der Waals surface area (Å²) in [6, 6.07) is 0. The molecule has 3 saturated heterocycles. The van der Waals surface area contributed by atoms with Gasteiger partial charge in [0.15, 0.2) is 0 Å². The molecule has 0 amide bonds. The van der Waals surface area contributed by atoms with E-state index in [2.05, 4.69) is 12.2 Å². The zero-order chi connectivity index (χ0) is 14.5. The van der Waals surface area contributed by atoms with Gasteiger partial charge in [0.2, 0.25) is 0 Å². The predicted octanol–water partition coefficient (Wildman–Crippen LogP) is 1.91. The van der Waals surface area contributed by atoms with Gasteiger partial charge in [-0.05, 0) is 43.9 Å². The summed E-state index contributed by atoms with van der Waals surface area (Å²) in [6.07, 6.45) is 6.32. The van der Waals surface area contributed by atoms with Gasteiger partial charge in [0.1, 0.15) is 12.5 Å². The minimum absolute atomic E-state index is 0.0134. The molecular weight excluding hydrogens is 270 g/mol. The van der Waals surface area contributed by atoms with E-state index >= 15 is 0 Å². The van der Waals surface area contributed by atoms with Crippen molar-refractivity contribution in [2.24, 2.45) is 11.8 Å². The monoisotopic (exact) mass is 299 g/mol. The Labute approximate surface area is 127 Å². The molecule has 5 heteroatoms. The van der Waals surface area contributed by atoms with Crippen molar-refractivity contribution in [3.63, 3.8) is 0 Å². The summed E-state index contributed by atoms with van der Waals surface area (Å²) in [5.74, 6) is 1.35. The highest BCUT2D eigenvalue weighted by atomic mass is 16.6. The maximum absolute atomic E-state index is 6.22. The van der Waals surface area contributed by atoms with E-state index in [-0.39, 0.29) is 12.5 Å². The molecule has 5 unspecified atom stereocenters. The second-order valence-corrected chi connectivity index (χ2v) is 6.76. The first-order valence-electron chi connectivity index (χ1n) is 8.48. The molecule has 5 nitrogen and oxygen atoms in total.